The van der Waals surface area contributed by atoms with Gasteiger partial charge in [0.2, 0.25) is 5.91 Å². The summed E-state index contributed by atoms with van der Waals surface area (Å²) in [5.41, 5.74) is 0. The molecule has 3 unspecified atom stereocenters. The van der Waals surface area contributed by atoms with Gasteiger partial charge in [0.15, 0.2) is 0 Å². The number of likely N-dealkylation sites (tertiary alicyclic amines) is 1. The zero-order valence-electron chi connectivity index (χ0n) is 12.6. The summed E-state index contributed by atoms with van der Waals surface area (Å²) in [6.45, 7) is 4.69. The van der Waals surface area contributed by atoms with Gasteiger partial charge in [-0.3, -0.25) is 9.59 Å². The number of carboxylic acids is 1. The van der Waals surface area contributed by atoms with E-state index >= 15 is 0 Å². The van der Waals surface area contributed by atoms with Gasteiger partial charge in [-0.15, -0.1) is 0 Å². The molecule has 0 aromatic carbocycles. The number of methoxy groups -OCH3 is 1. The van der Waals surface area contributed by atoms with E-state index in [1.807, 2.05) is 0 Å². The van der Waals surface area contributed by atoms with Crippen LogP contribution < -0.4 is 10.6 Å². The summed E-state index contributed by atoms with van der Waals surface area (Å²) in [6.07, 6.45) is 0. The van der Waals surface area contributed by atoms with Crippen LogP contribution in [0.3, 0.4) is 0 Å². The van der Waals surface area contributed by atoms with E-state index in [-0.39, 0.29) is 18.4 Å². The lowest BCUT2D eigenvalue weighted by atomic mass is 9.99. The average Bonchev–Trinajstić information content (AvgIpc) is 2.81. The number of rotatable bonds is 6. The molecule has 0 saturated carbocycles. The van der Waals surface area contributed by atoms with Crippen molar-refractivity contribution in [1.29, 1.82) is 0 Å². The first-order valence-corrected chi connectivity index (χ1v) is 6.91. The van der Waals surface area contributed by atoms with Crippen LogP contribution in [0.1, 0.15) is 13.8 Å². The van der Waals surface area contributed by atoms with E-state index in [1.54, 1.807) is 13.8 Å². The molecule has 0 radical (unpaired) electrons. The molecule has 0 aromatic heterocycles. The SMILES string of the molecule is COCCNC(=O)C(C)NC(=O)N1CC(C)C(C(=O)O)C1. The van der Waals surface area contributed by atoms with Crippen molar-refractivity contribution in [3.63, 3.8) is 0 Å². The summed E-state index contributed by atoms with van der Waals surface area (Å²) >= 11 is 0. The van der Waals surface area contributed by atoms with Gasteiger partial charge in [-0.05, 0) is 12.8 Å². The maximum absolute atomic E-state index is 12.0. The normalized spacial score (nSPS) is 22.7. The second-order valence-electron chi connectivity index (χ2n) is 5.28. The van der Waals surface area contributed by atoms with Gasteiger partial charge in [-0.1, -0.05) is 6.92 Å². The Morgan fingerprint density at radius 3 is 2.57 bits per heavy atom. The first-order chi connectivity index (χ1) is 9.86. The minimum Gasteiger partial charge on any atom is -0.481 e. The molecule has 1 aliphatic rings. The highest BCUT2D eigenvalue weighted by Gasteiger charge is 2.37. The molecule has 1 fully saturated rings. The summed E-state index contributed by atoms with van der Waals surface area (Å²) in [5.74, 6) is -1.86. The topological polar surface area (TPSA) is 108 Å². The Morgan fingerprint density at radius 2 is 2.05 bits per heavy atom. The fraction of sp³-hybridized carbons (Fsp3) is 0.769. The van der Waals surface area contributed by atoms with Gasteiger partial charge in [0, 0.05) is 26.7 Å². The third-order valence-electron chi connectivity index (χ3n) is 3.56. The molecule has 8 nitrogen and oxygen atoms in total. The van der Waals surface area contributed by atoms with Crippen LogP contribution in [0.2, 0.25) is 0 Å². The molecule has 1 aliphatic heterocycles. The van der Waals surface area contributed by atoms with E-state index in [4.69, 9.17) is 9.84 Å². The lowest BCUT2D eigenvalue weighted by molar-refractivity contribution is -0.142. The highest BCUT2D eigenvalue weighted by Crippen LogP contribution is 2.22. The maximum atomic E-state index is 12.0. The Bertz CT molecular complexity index is 401. The number of urea groups is 1. The van der Waals surface area contributed by atoms with Crippen LogP contribution in [-0.2, 0) is 14.3 Å². The lowest BCUT2D eigenvalue weighted by Crippen LogP contribution is -2.49. The predicted octanol–water partition coefficient (Wildman–Crippen LogP) is -0.500. The van der Waals surface area contributed by atoms with Crippen LogP contribution in [0.5, 0.6) is 0 Å². The maximum Gasteiger partial charge on any atom is 0.318 e. The average molecular weight is 301 g/mol. The number of nitrogens with one attached hydrogen (secondary N) is 2. The van der Waals surface area contributed by atoms with E-state index in [0.717, 1.165) is 0 Å². The fourth-order valence-corrected chi connectivity index (χ4v) is 2.23. The monoisotopic (exact) mass is 301 g/mol. The smallest absolute Gasteiger partial charge is 0.318 e. The largest absolute Gasteiger partial charge is 0.481 e. The zero-order valence-corrected chi connectivity index (χ0v) is 12.6. The predicted molar refractivity (Wildman–Crippen MR) is 74.7 cm³/mol. The Kier molecular flexibility index (Phi) is 6.41. The third kappa shape index (κ3) is 4.89. The summed E-state index contributed by atoms with van der Waals surface area (Å²) < 4.78 is 4.81. The summed E-state index contributed by atoms with van der Waals surface area (Å²) in [6, 6.07) is -1.10. The van der Waals surface area contributed by atoms with Gasteiger partial charge in [0.25, 0.3) is 0 Å². The molecule has 0 spiro atoms. The minimum atomic E-state index is -0.900. The molecule has 3 atom stereocenters. The van der Waals surface area contributed by atoms with Gasteiger partial charge in [0.05, 0.1) is 12.5 Å². The Morgan fingerprint density at radius 1 is 1.38 bits per heavy atom. The van der Waals surface area contributed by atoms with Crippen LogP contribution in [-0.4, -0.2) is 67.3 Å². The molecule has 1 saturated heterocycles. The Hall–Kier alpha value is -1.83. The number of nitrogens with zero attached hydrogens (tertiary/aromatic N) is 1. The number of hydrogen-bond donors (Lipinski definition) is 3. The molecular formula is C13H23N3O5. The number of ether oxygens (including phenoxy) is 1. The van der Waals surface area contributed by atoms with Crippen molar-refractivity contribution >= 4 is 17.9 Å². The first kappa shape index (κ1) is 17.2. The molecule has 3 amide bonds. The van der Waals surface area contributed by atoms with Gasteiger partial charge in [0.1, 0.15) is 6.04 Å². The van der Waals surface area contributed by atoms with E-state index in [0.29, 0.717) is 19.7 Å². The number of aliphatic carboxylic acids is 1. The van der Waals surface area contributed by atoms with E-state index in [9.17, 15) is 14.4 Å². The standard InChI is InChI=1S/C13H23N3O5/c1-8-6-16(7-10(8)12(18)19)13(20)15-9(2)11(17)14-4-5-21-3/h8-10H,4-7H2,1-3H3,(H,14,17)(H,15,20)(H,18,19). The highest BCUT2D eigenvalue weighted by atomic mass is 16.5. The summed E-state index contributed by atoms with van der Waals surface area (Å²) in [7, 11) is 1.53. The van der Waals surface area contributed by atoms with Crippen molar-refractivity contribution in [2.75, 3.05) is 33.4 Å². The van der Waals surface area contributed by atoms with Crippen LogP contribution in [0.4, 0.5) is 4.79 Å². The van der Waals surface area contributed by atoms with Crippen molar-refractivity contribution in [2.24, 2.45) is 11.8 Å². The molecule has 21 heavy (non-hydrogen) atoms. The van der Waals surface area contributed by atoms with Crippen LogP contribution in [0.15, 0.2) is 0 Å². The van der Waals surface area contributed by atoms with Crippen molar-refractivity contribution in [3.05, 3.63) is 0 Å². The number of carbonyl (C=O) groups excluding carboxylic acids is 2. The third-order valence-corrected chi connectivity index (χ3v) is 3.56. The van der Waals surface area contributed by atoms with E-state index in [2.05, 4.69) is 10.6 Å². The van der Waals surface area contributed by atoms with Crippen molar-refractivity contribution < 1.29 is 24.2 Å². The Labute approximate surface area is 123 Å². The number of carboxylic acid groups (broad SMARTS) is 1. The molecule has 1 heterocycles. The zero-order chi connectivity index (χ0) is 16.0. The van der Waals surface area contributed by atoms with Gasteiger partial charge in [-0.25, -0.2) is 4.79 Å². The second-order valence-corrected chi connectivity index (χ2v) is 5.28. The minimum absolute atomic E-state index is 0.0981. The first-order valence-electron chi connectivity index (χ1n) is 6.91. The van der Waals surface area contributed by atoms with Gasteiger partial charge >= 0.3 is 12.0 Å². The van der Waals surface area contributed by atoms with E-state index in [1.165, 1.54) is 12.0 Å². The van der Waals surface area contributed by atoms with Crippen LogP contribution in [0.25, 0.3) is 0 Å². The van der Waals surface area contributed by atoms with Crippen molar-refractivity contribution in [1.82, 2.24) is 15.5 Å². The quantitative estimate of drug-likeness (QED) is 0.573. The molecule has 0 aromatic rings. The molecule has 8 heteroatoms. The Balaban J connectivity index is 2.43. The number of amides is 3. The van der Waals surface area contributed by atoms with Gasteiger partial charge in [-0.2, -0.15) is 0 Å². The van der Waals surface area contributed by atoms with Crippen LogP contribution >= 0.6 is 0 Å². The lowest BCUT2D eigenvalue weighted by Gasteiger charge is -2.20. The molecule has 3 N–H and O–H groups in total. The molecular weight excluding hydrogens is 278 g/mol. The molecule has 1 rings (SSSR count). The van der Waals surface area contributed by atoms with E-state index < -0.39 is 24.0 Å². The molecule has 0 bridgehead atoms. The number of carbonyl (C=O) groups is 3. The molecule has 0 aliphatic carbocycles. The van der Waals surface area contributed by atoms with Crippen LogP contribution in [0, 0.1) is 11.8 Å². The number of hydrogen-bond acceptors (Lipinski definition) is 4. The molecule has 120 valence electrons. The van der Waals surface area contributed by atoms with Crippen molar-refractivity contribution in [3.8, 4) is 0 Å². The summed E-state index contributed by atoms with van der Waals surface area (Å²) in [5, 5.41) is 14.2. The fourth-order valence-electron chi connectivity index (χ4n) is 2.23. The van der Waals surface area contributed by atoms with Gasteiger partial charge < -0.3 is 25.4 Å². The summed E-state index contributed by atoms with van der Waals surface area (Å²) in [4.78, 5) is 36.2. The van der Waals surface area contributed by atoms with Crippen molar-refractivity contribution in [2.45, 2.75) is 19.9 Å². The highest BCUT2D eigenvalue weighted by molar-refractivity contribution is 5.87. The second kappa shape index (κ2) is 7.82.